The normalized spacial score (nSPS) is 25.4. The molecule has 2 aliphatic rings. The summed E-state index contributed by atoms with van der Waals surface area (Å²) in [6.45, 7) is 3.97. The molecule has 0 saturated carbocycles. The molecule has 2 heterocycles. The molecule has 2 unspecified atom stereocenters. The molecular formula is C15H16N2O. The molecule has 2 aliphatic heterocycles. The highest BCUT2D eigenvalue weighted by Crippen LogP contribution is 2.20. The first-order valence-electron chi connectivity index (χ1n) is 6.43. The second-order valence-electron chi connectivity index (χ2n) is 4.86. The van der Waals surface area contributed by atoms with Crippen LogP contribution in [0.2, 0.25) is 0 Å². The van der Waals surface area contributed by atoms with Crippen LogP contribution in [0, 0.1) is 11.8 Å². The maximum Gasteiger partial charge on any atom is 0.299 e. The van der Waals surface area contributed by atoms with Crippen molar-refractivity contribution in [2.75, 3.05) is 26.2 Å². The summed E-state index contributed by atoms with van der Waals surface area (Å²) in [4.78, 5) is 16.5. The Morgan fingerprint density at radius 2 is 2.00 bits per heavy atom. The van der Waals surface area contributed by atoms with Crippen molar-refractivity contribution >= 4 is 5.91 Å². The molecule has 0 aromatic heterocycles. The summed E-state index contributed by atoms with van der Waals surface area (Å²) in [6.07, 6.45) is 1.10. The van der Waals surface area contributed by atoms with E-state index in [0.717, 1.165) is 38.2 Å². The molecular weight excluding hydrogens is 224 g/mol. The van der Waals surface area contributed by atoms with Gasteiger partial charge in [0.1, 0.15) is 0 Å². The van der Waals surface area contributed by atoms with Gasteiger partial charge in [-0.25, -0.2) is 0 Å². The highest BCUT2D eigenvalue weighted by Gasteiger charge is 2.34. The minimum absolute atomic E-state index is 0.0228. The topological polar surface area (TPSA) is 23.6 Å². The van der Waals surface area contributed by atoms with Gasteiger partial charge in [0.2, 0.25) is 0 Å². The number of rotatable bonds is 0. The third-order valence-corrected chi connectivity index (χ3v) is 3.69. The van der Waals surface area contributed by atoms with Crippen LogP contribution in [0.15, 0.2) is 30.3 Å². The van der Waals surface area contributed by atoms with Gasteiger partial charge in [-0.05, 0) is 18.6 Å². The molecule has 2 bridgehead atoms. The van der Waals surface area contributed by atoms with Gasteiger partial charge in [-0.15, -0.1) is 0 Å². The second kappa shape index (κ2) is 4.83. The smallest absolute Gasteiger partial charge is 0.299 e. The summed E-state index contributed by atoms with van der Waals surface area (Å²) in [5, 5.41) is 0. The van der Waals surface area contributed by atoms with Gasteiger partial charge in [-0.3, -0.25) is 9.69 Å². The lowest BCUT2D eigenvalue weighted by Gasteiger charge is -2.32. The summed E-state index contributed by atoms with van der Waals surface area (Å²) >= 11 is 0. The Bertz CT molecular complexity index is 500. The lowest BCUT2D eigenvalue weighted by Crippen LogP contribution is -2.49. The second-order valence-corrected chi connectivity index (χ2v) is 4.86. The Labute approximate surface area is 107 Å². The zero-order valence-corrected chi connectivity index (χ0v) is 10.3. The number of benzene rings is 1. The average Bonchev–Trinajstić information content (AvgIpc) is 2.79. The molecule has 1 amide bonds. The molecule has 1 aromatic rings. The molecule has 2 saturated heterocycles. The number of carbonyl (C=O) groups excluding carboxylic acids is 1. The molecule has 0 spiro atoms. The van der Waals surface area contributed by atoms with Gasteiger partial charge < -0.3 is 4.90 Å². The summed E-state index contributed by atoms with van der Waals surface area (Å²) in [7, 11) is 0. The van der Waals surface area contributed by atoms with Crippen LogP contribution in [0.1, 0.15) is 12.0 Å². The Kier molecular flexibility index (Phi) is 3.04. The van der Waals surface area contributed by atoms with Crippen LogP contribution in [0.5, 0.6) is 0 Å². The van der Waals surface area contributed by atoms with E-state index in [4.69, 9.17) is 0 Å². The maximum absolute atomic E-state index is 12.1. The van der Waals surface area contributed by atoms with E-state index < -0.39 is 0 Å². The highest BCUT2D eigenvalue weighted by atomic mass is 16.2. The fourth-order valence-electron chi connectivity index (χ4n) is 2.69. The maximum atomic E-state index is 12.1. The predicted octanol–water partition coefficient (Wildman–Crippen LogP) is 0.955. The molecule has 92 valence electrons. The molecule has 2 fully saturated rings. The SMILES string of the molecule is O=C(C#Cc1ccccc1)N1CCN2CCC1C2. The van der Waals surface area contributed by atoms with Crippen LogP contribution >= 0.6 is 0 Å². The predicted molar refractivity (Wildman–Crippen MR) is 69.9 cm³/mol. The lowest BCUT2D eigenvalue weighted by atomic mass is 10.2. The van der Waals surface area contributed by atoms with Crippen molar-refractivity contribution in [3.05, 3.63) is 35.9 Å². The molecule has 3 nitrogen and oxygen atoms in total. The molecule has 1 aromatic carbocycles. The van der Waals surface area contributed by atoms with Gasteiger partial charge in [-0.1, -0.05) is 24.1 Å². The van der Waals surface area contributed by atoms with Crippen LogP contribution in [0.25, 0.3) is 0 Å². The number of amides is 1. The van der Waals surface area contributed by atoms with E-state index in [1.165, 1.54) is 0 Å². The molecule has 3 rings (SSSR count). The van der Waals surface area contributed by atoms with Gasteiger partial charge in [-0.2, -0.15) is 0 Å². The van der Waals surface area contributed by atoms with Crippen molar-refractivity contribution in [1.82, 2.24) is 9.80 Å². The fourth-order valence-corrected chi connectivity index (χ4v) is 2.69. The van der Waals surface area contributed by atoms with Crippen molar-refractivity contribution in [1.29, 1.82) is 0 Å². The first kappa shape index (κ1) is 11.3. The summed E-state index contributed by atoms with van der Waals surface area (Å²) in [6, 6.07) is 10.1. The van der Waals surface area contributed by atoms with Crippen molar-refractivity contribution in [3.63, 3.8) is 0 Å². The summed E-state index contributed by atoms with van der Waals surface area (Å²) < 4.78 is 0. The van der Waals surface area contributed by atoms with Crippen molar-refractivity contribution < 1.29 is 4.79 Å². The largest absolute Gasteiger partial charge is 0.326 e. The summed E-state index contributed by atoms with van der Waals surface area (Å²) in [5.41, 5.74) is 0.899. The van der Waals surface area contributed by atoms with Gasteiger partial charge in [0.15, 0.2) is 0 Å². The molecule has 2 atom stereocenters. The first-order valence-corrected chi connectivity index (χ1v) is 6.43. The standard InChI is InChI=1S/C15H16N2O/c18-15(7-6-13-4-2-1-3-5-13)17-11-10-16-9-8-14(17)12-16/h1-5,14H,8-12H2. The lowest BCUT2D eigenvalue weighted by molar-refractivity contribution is -0.128. The van der Waals surface area contributed by atoms with Gasteiger partial charge in [0.05, 0.1) is 0 Å². The molecule has 0 radical (unpaired) electrons. The van der Waals surface area contributed by atoms with Crippen LogP contribution < -0.4 is 0 Å². The first-order chi connectivity index (χ1) is 8.83. The Balaban J connectivity index is 1.70. The number of carbonyl (C=O) groups is 1. The Hall–Kier alpha value is -1.79. The van der Waals surface area contributed by atoms with E-state index >= 15 is 0 Å². The number of hydrogen-bond donors (Lipinski definition) is 0. The minimum Gasteiger partial charge on any atom is -0.326 e. The van der Waals surface area contributed by atoms with Crippen LogP contribution in [-0.4, -0.2) is 47.9 Å². The summed E-state index contributed by atoms with van der Waals surface area (Å²) in [5.74, 6) is 5.69. The number of hydrogen-bond acceptors (Lipinski definition) is 2. The number of piperazine rings is 1. The van der Waals surface area contributed by atoms with Gasteiger partial charge in [0, 0.05) is 43.7 Å². The van der Waals surface area contributed by atoms with Crippen LogP contribution in [0.3, 0.4) is 0 Å². The Morgan fingerprint density at radius 1 is 1.17 bits per heavy atom. The van der Waals surface area contributed by atoms with E-state index in [1.807, 2.05) is 35.2 Å². The minimum atomic E-state index is -0.0228. The van der Waals surface area contributed by atoms with Gasteiger partial charge >= 0.3 is 0 Å². The van der Waals surface area contributed by atoms with E-state index in [-0.39, 0.29) is 5.91 Å². The quantitative estimate of drug-likeness (QED) is 0.630. The molecule has 18 heavy (non-hydrogen) atoms. The van der Waals surface area contributed by atoms with E-state index in [0.29, 0.717) is 6.04 Å². The zero-order chi connectivity index (χ0) is 12.4. The third-order valence-electron chi connectivity index (χ3n) is 3.69. The average molecular weight is 240 g/mol. The molecule has 0 aliphatic carbocycles. The van der Waals surface area contributed by atoms with Crippen molar-refractivity contribution in [2.24, 2.45) is 0 Å². The van der Waals surface area contributed by atoms with Crippen molar-refractivity contribution in [2.45, 2.75) is 12.5 Å². The van der Waals surface area contributed by atoms with Gasteiger partial charge in [0.25, 0.3) is 5.91 Å². The number of nitrogens with zero attached hydrogens (tertiary/aromatic N) is 2. The van der Waals surface area contributed by atoms with E-state index in [1.54, 1.807) is 0 Å². The molecule has 3 heteroatoms. The highest BCUT2D eigenvalue weighted by molar-refractivity contribution is 5.94. The third kappa shape index (κ3) is 2.25. The molecule has 0 N–H and O–H groups in total. The monoisotopic (exact) mass is 240 g/mol. The van der Waals surface area contributed by atoms with Crippen LogP contribution in [-0.2, 0) is 4.79 Å². The van der Waals surface area contributed by atoms with Crippen molar-refractivity contribution in [3.8, 4) is 11.8 Å². The van der Waals surface area contributed by atoms with Crippen LogP contribution in [0.4, 0.5) is 0 Å². The number of fused-ring (bicyclic) bond motifs is 2. The zero-order valence-electron chi connectivity index (χ0n) is 10.3. The fraction of sp³-hybridized carbons (Fsp3) is 0.400. The van der Waals surface area contributed by atoms with E-state index in [2.05, 4.69) is 16.7 Å². The Morgan fingerprint density at radius 3 is 2.83 bits per heavy atom. The van der Waals surface area contributed by atoms with E-state index in [9.17, 15) is 4.79 Å².